The van der Waals surface area contributed by atoms with Gasteiger partial charge in [-0.1, -0.05) is 0 Å². The van der Waals surface area contributed by atoms with Crippen molar-refractivity contribution < 1.29 is 24.4 Å². The molecule has 2 N–H and O–H groups in total. The van der Waals surface area contributed by atoms with Crippen LogP contribution in [0.4, 0.5) is 0 Å². The van der Waals surface area contributed by atoms with Crippen molar-refractivity contribution >= 4 is 0 Å². The number of nitrogens with zero attached hydrogens (tertiary/aromatic N) is 1. The van der Waals surface area contributed by atoms with E-state index in [-0.39, 0.29) is 12.2 Å². The molecule has 3 rings (SSSR count). The van der Waals surface area contributed by atoms with Crippen LogP contribution in [0.1, 0.15) is 31.9 Å². The van der Waals surface area contributed by atoms with Crippen LogP contribution in [-0.2, 0) is 16.9 Å². The van der Waals surface area contributed by atoms with Crippen LogP contribution in [0.25, 0.3) is 0 Å². The summed E-state index contributed by atoms with van der Waals surface area (Å²) in [7, 11) is 0. The van der Waals surface area contributed by atoms with E-state index in [0.717, 1.165) is 17.7 Å². The van der Waals surface area contributed by atoms with Gasteiger partial charge < -0.3 is 24.4 Å². The van der Waals surface area contributed by atoms with Crippen molar-refractivity contribution in [1.82, 2.24) is 4.90 Å². The molecular formula is C18H27NO5. The standard InChI is InChI=1S/C18H27NO5/c1-4-22-15-10-14(9-13-11-17(2,3)24-16(13)15)18(21)12-19(5-7-20)6-8-23-18/h9-10,20-21H,4-8,11-12H2,1-3H3. The number of hydrogen-bond acceptors (Lipinski definition) is 6. The van der Waals surface area contributed by atoms with E-state index in [4.69, 9.17) is 19.3 Å². The fourth-order valence-corrected chi connectivity index (χ4v) is 3.44. The van der Waals surface area contributed by atoms with Crippen molar-refractivity contribution in [3.05, 3.63) is 23.3 Å². The van der Waals surface area contributed by atoms with Gasteiger partial charge in [0.05, 0.1) is 26.4 Å². The average Bonchev–Trinajstić information content (AvgIpc) is 2.82. The first-order valence-electron chi connectivity index (χ1n) is 8.55. The monoisotopic (exact) mass is 337 g/mol. The molecule has 0 radical (unpaired) electrons. The number of morpholine rings is 1. The molecule has 2 aliphatic heterocycles. The lowest BCUT2D eigenvalue weighted by Crippen LogP contribution is -2.50. The summed E-state index contributed by atoms with van der Waals surface area (Å²) < 4.78 is 17.5. The number of aliphatic hydroxyl groups excluding tert-OH is 1. The van der Waals surface area contributed by atoms with Gasteiger partial charge in [0, 0.05) is 30.6 Å². The van der Waals surface area contributed by atoms with Gasteiger partial charge in [0.2, 0.25) is 5.79 Å². The Kier molecular flexibility index (Phi) is 4.75. The number of fused-ring (bicyclic) bond motifs is 1. The second kappa shape index (κ2) is 6.52. The zero-order chi connectivity index (χ0) is 17.4. The number of β-amino-alcohol motifs (C(OH)–C–C–N with tert-alkyl or cyclic N) is 2. The molecule has 1 fully saturated rings. The Labute approximate surface area is 142 Å². The van der Waals surface area contributed by atoms with E-state index in [1.165, 1.54) is 0 Å². The van der Waals surface area contributed by atoms with Crippen LogP contribution >= 0.6 is 0 Å². The topological polar surface area (TPSA) is 71.4 Å². The van der Waals surface area contributed by atoms with Crippen molar-refractivity contribution in [2.75, 3.05) is 39.5 Å². The molecule has 1 atom stereocenters. The third-order valence-electron chi connectivity index (χ3n) is 4.48. The molecule has 24 heavy (non-hydrogen) atoms. The SMILES string of the molecule is CCOc1cc(C2(O)CN(CCO)CCO2)cc2c1OC(C)(C)C2. The van der Waals surface area contributed by atoms with Gasteiger partial charge in [-0.15, -0.1) is 0 Å². The lowest BCUT2D eigenvalue weighted by atomic mass is 9.96. The molecule has 0 bridgehead atoms. The molecule has 134 valence electrons. The van der Waals surface area contributed by atoms with Gasteiger partial charge in [-0.3, -0.25) is 4.90 Å². The van der Waals surface area contributed by atoms with Gasteiger partial charge in [0.15, 0.2) is 11.5 Å². The summed E-state index contributed by atoms with van der Waals surface area (Å²) in [6, 6.07) is 3.77. The highest BCUT2D eigenvalue weighted by Crippen LogP contribution is 2.45. The fraction of sp³-hybridized carbons (Fsp3) is 0.667. The Hall–Kier alpha value is -1.34. The largest absolute Gasteiger partial charge is 0.490 e. The predicted molar refractivity (Wildman–Crippen MR) is 89.4 cm³/mol. The van der Waals surface area contributed by atoms with Crippen molar-refractivity contribution in [2.45, 2.75) is 38.6 Å². The lowest BCUT2D eigenvalue weighted by Gasteiger charge is -2.39. The molecular weight excluding hydrogens is 310 g/mol. The Morgan fingerprint density at radius 2 is 2.12 bits per heavy atom. The van der Waals surface area contributed by atoms with Crippen molar-refractivity contribution in [3.8, 4) is 11.5 Å². The van der Waals surface area contributed by atoms with E-state index in [9.17, 15) is 5.11 Å². The molecule has 0 aromatic heterocycles. The van der Waals surface area contributed by atoms with E-state index in [1.54, 1.807) is 0 Å². The van der Waals surface area contributed by atoms with Crippen molar-refractivity contribution in [1.29, 1.82) is 0 Å². The lowest BCUT2D eigenvalue weighted by molar-refractivity contribution is -0.248. The third kappa shape index (κ3) is 3.37. The minimum Gasteiger partial charge on any atom is -0.490 e. The van der Waals surface area contributed by atoms with Crippen LogP contribution in [0.2, 0.25) is 0 Å². The molecule has 2 heterocycles. The number of hydrogen-bond donors (Lipinski definition) is 2. The fourth-order valence-electron chi connectivity index (χ4n) is 3.44. The van der Waals surface area contributed by atoms with E-state index in [0.29, 0.717) is 44.2 Å². The Morgan fingerprint density at radius 1 is 1.33 bits per heavy atom. The third-order valence-corrected chi connectivity index (χ3v) is 4.48. The van der Waals surface area contributed by atoms with Crippen molar-refractivity contribution in [3.63, 3.8) is 0 Å². The summed E-state index contributed by atoms with van der Waals surface area (Å²) >= 11 is 0. The molecule has 0 aliphatic carbocycles. The highest BCUT2D eigenvalue weighted by molar-refractivity contribution is 5.53. The summed E-state index contributed by atoms with van der Waals surface area (Å²) in [5, 5.41) is 20.2. The highest BCUT2D eigenvalue weighted by Gasteiger charge is 2.40. The second-order valence-electron chi connectivity index (χ2n) is 7.07. The van der Waals surface area contributed by atoms with Crippen LogP contribution in [-0.4, -0.2) is 60.2 Å². The molecule has 1 aromatic rings. The summed E-state index contributed by atoms with van der Waals surface area (Å²) in [5.74, 6) is 0.00483. The summed E-state index contributed by atoms with van der Waals surface area (Å²) in [5.41, 5.74) is 1.41. The first-order chi connectivity index (χ1) is 11.4. The Bertz CT molecular complexity index is 601. The molecule has 6 heteroatoms. The second-order valence-corrected chi connectivity index (χ2v) is 7.07. The van der Waals surface area contributed by atoms with Gasteiger partial charge >= 0.3 is 0 Å². The first-order valence-corrected chi connectivity index (χ1v) is 8.55. The Balaban J connectivity index is 1.95. The smallest absolute Gasteiger partial charge is 0.205 e. The molecule has 0 amide bonds. The summed E-state index contributed by atoms with van der Waals surface area (Å²) in [4.78, 5) is 2.00. The number of ether oxygens (including phenoxy) is 3. The predicted octanol–water partition coefficient (Wildman–Crippen LogP) is 1.27. The van der Waals surface area contributed by atoms with E-state index >= 15 is 0 Å². The van der Waals surface area contributed by atoms with E-state index in [1.807, 2.05) is 37.8 Å². The van der Waals surface area contributed by atoms with E-state index < -0.39 is 5.79 Å². The molecule has 6 nitrogen and oxygen atoms in total. The molecule has 1 saturated heterocycles. The van der Waals surface area contributed by atoms with E-state index in [2.05, 4.69) is 0 Å². The molecule has 2 aliphatic rings. The van der Waals surface area contributed by atoms with Crippen LogP contribution in [0.3, 0.4) is 0 Å². The maximum atomic E-state index is 11.1. The zero-order valence-electron chi connectivity index (χ0n) is 14.7. The maximum absolute atomic E-state index is 11.1. The van der Waals surface area contributed by atoms with Crippen LogP contribution in [0.5, 0.6) is 11.5 Å². The van der Waals surface area contributed by atoms with Crippen LogP contribution in [0, 0.1) is 0 Å². The van der Waals surface area contributed by atoms with Gasteiger partial charge in [0.1, 0.15) is 5.60 Å². The normalized spacial score (nSPS) is 26.0. The minimum atomic E-state index is -1.40. The Morgan fingerprint density at radius 3 is 2.83 bits per heavy atom. The first kappa shape index (κ1) is 17.5. The van der Waals surface area contributed by atoms with Crippen LogP contribution < -0.4 is 9.47 Å². The molecule has 1 unspecified atom stereocenters. The number of rotatable bonds is 5. The van der Waals surface area contributed by atoms with Gasteiger partial charge in [-0.05, 0) is 32.9 Å². The number of benzene rings is 1. The van der Waals surface area contributed by atoms with Gasteiger partial charge in [-0.2, -0.15) is 0 Å². The minimum absolute atomic E-state index is 0.0620. The maximum Gasteiger partial charge on any atom is 0.205 e. The molecule has 1 aromatic carbocycles. The zero-order valence-corrected chi connectivity index (χ0v) is 14.7. The molecule has 0 saturated carbocycles. The average molecular weight is 337 g/mol. The summed E-state index contributed by atoms with van der Waals surface area (Å²) in [6.07, 6.45) is 0.757. The van der Waals surface area contributed by atoms with Crippen LogP contribution in [0.15, 0.2) is 12.1 Å². The number of aliphatic hydroxyl groups is 2. The van der Waals surface area contributed by atoms with Crippen molar-refractivity contribution in [2.24, 2.45) is 0 Å². The quantitative estimate of drug-likeness (QED) is 0.843. The van der Waals surface area contributed by atoms with Gasteiger partial charge in [-0.25, -0.2) is 0 Å². The van der Waals surface area contributed by atoms with Gasteiger partial charge in [0.25, 0.3) is 0 Å². The molecule has 0 spiro atoms. The summed E-state index contributed by atoms with van der Waals surface area (Å²) in [6.45, 7) is 8.54. The highest BCUT2D eigenvalue weighted by atomic mass is 16.6.